The average molecular weight is 502 g/mol. The summed E-state index contributed by atoms with van der Waals surface area (Å²) in [4.78, 5) is 22.6. The number of aryl methyl sites for hydroxylation is 1. The number of nitrogens with zero attached hydrogens (tertiary/aromatic N) is 3. The first-order chi connectivity index (χ1) is 16.1. The molecule has 0 radical (unpaired) electrons. The van der Waals surface area contributed by atoms with Crippen molar-refractivity contribution in [2.24, 2.45) is 0 Å². The van der Waals surface area contributed by atoms with Gasteiger partial charge in [-0.05, 0) is 43.2 Å². The summed E-state index contributed by atoms with van der Waals surface area (Å²) in [6.45, 7) is 6.91. The van der Waals surface area contributed by atoms with E-state index < -0.39 is 0 Å². The number of thiazole rings is 1. The van der Waals surface area contributed by atoms with E-state index in [1.165, 1.54) is 16.9 Å². The number of benzene rings is 2. The third-order valence-corrected chi connectivity index (χ3v) is 6.95. The second kappa shape index (κ2) is 10.7. The molecule has 180 valence electrons. The molecular formula is C25H28ClN3O4S. The minimum Gasteiger partial charge on any atom is -0.493 e. The SMILES string of the molecule is COc1cccc2cc(C(=O)N(CCCN3CCOCC3)c3nc4ccc(C)cc4s3)oc12.Cl. The number of furan rings is 1. The van der Waals surface area contributed by atoms with E-state index in [0.717, 1.165) is 54.9 Å². The lowest BCUT2D eigenvalue weighted by Crippen LogP contribution is -2.39. The number of amides is 1. The molecule has 1 aliphatic heterocycles. The first kappa shape index (κ1) is 24.5. The number of aromatic nitrogens is 1. The quantitative estimate of drug-likeness (QED) is 0.349. The standard InChI is InChI=1S/C25H27N3O4S.ClH/c1-17-7-8-19-22(15-17)33-25(26-19)28(10-4-9-27-11-13-31-14-12-27)24(29)21-16-18-5-3-6-20(30-2)23(18)32-21;/h3,5-8,15-16H,4,9-14H2,1-2H3;1H. The van der Waals surface area contributed by atoms with E-state index >= 15 is 0 Å². The zero-order chi connectivity index (χ0) is 22.8. The normalized spacial score (nSPS) is 14.3. The van der Waals surface area contributed by atoms with Gasteiger partial charge >= 0.3 is 0 Å². The van der Waals surface area contributed by atoms with E-state index in [1.54, 1.807) is 18.1 Å². The van der Waals surface area contributed by atoms with Gasteiger partial charge in [0.05, 0.1) is 30.5 Å². The van der Waals surface area contributed by atoms with E-state index in [2.05, 4.69) is 17.9 Å². The van der Waals surface area contributed by atoms with Crippen molar-refractivity contribution in [3.63, 3.8) is 0 Å². The van der Waals surface area contributed by atoms with Crippen LogP contribution in [0.2, 0.25) is 0 Å². The molecule has 0 aliphatic carbocycles. The smallest absolute Gasteiger partial charge is 0.295 e. The lowest BCUT2D eigenvalue weighted by Gasteiger charge is -2.27. The summed E-state index contributed by atoms with van der Waals surface area (Å²) in [7, 11) is 1.60. The lowest BCUT2D eigenvalue weighted by molar-refractivity contribution is 0.0376. The molecule has 1 saturated heterocycles. The molecule has 0 unspecified atom stereocenters. The van der Waals surface area contributed by atoms with E-state index in [4.69, 9.17) is 18.9 Å². The highest BCUT2D eigenvalue weighted by Gasteiger charge is 2.25. The van der Waals surface area contributed by atoms with Crippen LogP contribution >= 0.6 is 23.7 Å². The molecule has 1 aliphatic rings. The number of anilines is 1. The van der Waals surface area contributed by atoms with Gasteiger partial charge in [-0.3, -0.25) is 14.6 Å². The van der Waals surface area contributed by atoms with Gasteiger partial charge in [0.2, 0.25) is 0 Å². The van der Waals surface area contributed by atoms with Crippen molar-refractivity contribution >= 4 is 56.0 Å². The fourth-order valence-corrected chi connectivity index (χ4v) is 5.22. The van der Waals surface area contributed by atoms with Gasteiger partial charge < -0.3 is 13.9 Å². The van der Waals surface area contributed by atoms with Gasteiger partial charge in [-0.15, -0.1) is 12.4 Å². The summed E-state index contributed by atoms with van der Waals surface area (Å²) < 4.78 is 17.9. The van der Waals surface area contributed by atoms with E-state index in [9.17, 15) is 4.79 Å². The third kappa shape index (κ3) is 5.05. The summed E-state index contributed by atoms with van der Waals surface area (Å²) in [5.41, 5.74) is 2.65. The van der Waals surface area contributed by atoms with Gasteiger partial charge in [0, 0.05) is 31.6 Å². The second-order valence-electron chi connectivity index (χ2n) is 8.22. The number of carbonyl (C=O) groups is 1. The molecule has 0 N–H and O–H groups in total. The van der Waals surface area contributed by atoms with Crippen molar-refractivity contribution in [1.82, 2.24) is 9.88 Å². The molecule has 0 saturated carbocycles. The Morgan fingerprint density at radius 3 is 2.82 bits per heavy atom. The number of rotatable bonds is 7. The Balaban J connectivity index is 0.00000274. The van der Waals surface area contributed by atoms with Gasteiger partial charge in [-0.1, -0.05) is 29.5 Å². The summed E-state index contributed by atoms with van der Waals surface area (Å²) in [6, 6.07) is 13.6. The molecule has 2 aromatic heterocycles. The van der Waals surface area contributed by atoms with Crippen LogP contribution in [0.25, 0.3) is 21.2 Å². The van der Waals surface area contributed by atoms with E-state index in [0.29, 0.717) is 23.0 Å². The molecule has 7 nitrogen and oxygen atoms in total. The molecule has 1 amide bonds. The largest absolute Gasteiger partial charge is 0.493 e. The van der Waals surface area contributed by atoms with Crippen molar-refractivity contribution < 1.29 is 18.7 Å². The van der Waals surface area contributed by atoms with Crippen molar-refractivity contribution in [3.8, 4) is 5.75 Å². The fourth-order valence-electron chi connectivity index (χ4n) is 4.13. The van der Waals surface area contributed by atoms with Crippen molar-refractivity contribution in [2.75, 3.05) is 51.4 Å². The Morgan fingerprint density at radius 2 is 2.03 bits per heavy atom. The zero-order valence-corrected chi connectivity index (χ0v) is 20.9. The van der Waals surface area contributed by atoms with Gasteiger partial charge in [-0.25, -0.2) is 4.98 Å². The molecule has 9 heteroatoms. The summed E-state index contributed by atoms with van der Waals surface area (Å²) in [6.07, 6.45) is 0.838. The summed E-state index contributed by atoms with van der Waals surface area (Å²) >= 11 is 1.54. The Kier molecular flexibility index (Phi) is 7.73. The van der Waals surface area contributed by atoms with Crippen LogP contribution < -0.4 is 9.64 Å². The van der Waals surface area contributed by atoms with E-state index in [-0.39, 0.29) is 24.1 Å². The number of morpholine rings is 1. The Labute approximate surface area is 208 Å². The van der Waals surface area contributed by atoms with Crippen LogP contribution in [0, 0.1) is 6.92 Å². The average Bonchev–Trinajstić information content (AvgIpc) is 3.46. The molecule has 34 heavy (non-hydrogen) atoms. The lowest BCUT2D eigenvalue weighted by atomic mass is 10.2. The molecule has 0 bridgehead atoms. The van der Waals surface area contributed by atoms with E-state index in [1.807, 2.05) is 30.3 Å². The molecule has 4 aromatic rings. The number of hydrogen-bond donors (Lipinski definition) is 0. The monoisotopic (exact) mass is 501 g/mol. The summed E-state index contributed by atoms with van der Waals surface area (Å²) in [5.74, 6) is 0.711. The maximum Gasteiger partial charge on any atom is 0.295 e. The number of halogens is 1. The minimum absolute atomic E-state index is 0. The first-order valence-corrected chi connectivity index (χ1v) is 12.0. The van der Waals surface area contributed by atoms with Gasteiger partial charge in [0.15, 0.2) is 22.2 Å². The molecule has 5 rings (SSSR count). The Morgan fingerprint density at radius 1 is 1.21 bits per heavy atom. The molecule has 3 heterocycles. The Bertz CT molecular complexity index is 1280. The van der Waals surface area contributed by atoms with Crippen molar-refractivity contribution in [1.29, 1.82) is 0 Å². The minimum atomic E-state index is -0.189. The molecule has 1 fully saturated rings. The maximum atomic E-state index is 13.7. The van der Waals surface area contributed by atoms with Crippen LogP contribution in [0.15, 0.2) is 46.9 Å². The van der Waals surface area contributed by atoms with Crippen LogP contribution in [0.4, 0.5) is 5.13 Å². The third-order valence-electron chi connectivity index (χ3n) is 5.91. The second-order valence-corrected chi connectivity index (χ2v) is 9.23. The van der Waals surface area contributed by atoms with Crippen LogP contribution in [0.5, 0.6) is 5.75 Å². The van der Waals surface area contributed by atoms with Gasteiger partial charge in [-0.2, -0.15) is 0 Å². The number of para-hydroxylation sites is 1. The van der Waals surface area contributed by atoms with Crippen molar-refractivity contribution in [3.05, 3.63) is 53.8 Å². The number of carbonyl (C=O) groups excluding carboxylic acids is 1. The first-order valence-electron chi connectivity index (χ1n) is 11.2. The highest BCUT2D eigenvalue weighted by atomic mass is 35.5. The zero-order valence-electron chi connectivity index (χ0n) is 19.3. The molecule has 0 spiro atoms. The van der Waals surface area contributed by atoms with Gasteiger partial charge in [0.25, 0.3) is 5.91 Å². The topological polar surface area (TPSA) is 68.0 Å². The van der Waals surface area contributed by atoms with Crippen molar-refractivity contribution in [2.45, 2.75) is 13.3 Å². The molecule has 0 atom stereocenters. The predicted molar refractivity (Wildman–Crippen MR) is 138 cm³/mol. The number of hydrogen-bond acceptors (Lipinski definition) is 7. The number of fused-ring (bicyclic) bond motifs is 2. The molecule has 2 aromatic carbocycles. The maximum absolute atomic E-state index is 13.7. The Hall–Kier alpha value is -2.65. The fraction of sp³-hybridized carbons (Fsp3) is 0.360. The van der Waals surface area contributed by atoms with Crippen LogP contribution in [-0.2, 0) is 4.74 Å². The van der Waals surface area contributed by atoms with Crippen LogP contribution in [-0.4, -0.2) is 62.3 Å². The van der Waals surface area contributed by atoms with Gasteiger partial charge in [0.1, 0.15) is 0 Å². The highest BCUT2D eigenvalue weighted by molar-refractivity contribution is 7.22. The number of methoxy groups -OCH3 is 1. The summed E-state index contributed by atoms with van der Waals surface area (Å²) in [5, 5.41) is 1.53. The van der Waals surface area contributed by atoms with Crippen LogP contribution in [0.3, 0.4) is 0 Å². The van der Waals surface area contributed by atoms with Crippen LogP contribution in [0.1, 0.15) is 22.5 Å². The highest BCUT2D eigenvalue weighted by Crippen LogP contribution is 2.33. The molecular weight excluding hydrogens is 474 g/mol. The predicted octanol–water partition coefficient (Wildman–Crippen LogP) is 5.15. The number of ether oxygens (including phenoxy) is 2.